The van der Waals surface area contributed by atoms with E-state index in [9.17, 15) is 0 Å². The van der Waals surface area contributed by atoms with E-state index >= 15 is 0 Å². The van der Waals surface area contributed by atoms with Gasteiger partial charge in [0.15, 0.2) is 0 Å². The minimum Gasteiger partial charge on any atom is -0.383 e. The molecule has 2 N–H and O–H groups in total. The SMILES string of the molecule is COCCN1CCN(SN)CC1. The van der Waals surface area contributed by atoms with Crippen LogP contribution in [0.5, 0.6) is 0 Å². The molecule has 0 aromatic heterocycles. The molecule has 0 atom stereocenters. The van der Waals surface area contributed by atoms with E-state index in [1.54, 1.807) is 7.11 Å². The molecule has 1 rings (SSSR count). The summed E-state index contributed by atoms with van der Waals surface area (Å²) < 4.78 is 7.20. The molecular weight excluding hydrogens is 174 g/mol. The van der Waals surface area contributed by atoms with Gasteiger partial charge in [-0.25, -0.2) is 4.31 Å². The number of piperazine rings is 1. The lowest BCUT2D eigenvalue weighted by molar-refractivity contribution is 0.125. The lowest BCUT2D eigenvalue weighted by atomic mass is 10.4. The molecule has 0 aromatic rings. The van der Waals surface area contributed by atoms with Gasteiger partial charge in [0.25, 0.3) is 0 Å². The van der Waals surface area contributed by atoms with Gasteiger partial charge in [-0.15, -0.1) is 0 Å². The molecule has 0 aliphatic carbocycles. The predicted molar refractivity (Wildman–Crippen MR) is 51.7 cm³/mol. The van der Waals surface area contributed by atoms with Crippen LogP contribution in [0.2, 0.25) is 0 Å². The molecule has 0 spiro atoms. The molecule has 1 saturated heterocycles. The highest BCUT2D eigenvalue weighted by atomic mass is 32.2. The summed E-state index contributed by atoms with van der Waals surface area (Å²) in [6.07, 6.45) is 0. The Kier molecular flexibility index (Phi) is 4.94. The fraction of sp³-hybridized carbons (Fsp3) is 1.00. The van der Waals surface area contributed by atoms with Crippen LogP contribution in [0.25, 0.3) is 0 Å². The van der Waals surface area contributed by atoms with E-state index in [2.05, 4.69) is 9.21 Å². The molecule has 1 aliphatic heterocycles. The van der Waals surface area contributed by atoms with Crippen LogP contribution in [0.4, 0.5) is 0 Å². The van der Waals surface area contributed by atoms with Gasteiger partial charge in [0.2, 0.25) is 0 Å². The Bertz CT molecular complexity index is 117. The number of nitrogens with zero attached hydrogens (tertiary/aromatic N) is 2. The van der Waals surface area contributed by atoms with Crippen LogP contribution in [0.15, 0.2) is 0 Å². The molecule has 1 fully saturated rings. The Balaban J connectivity index is 2.09. The fourth-order valence-corrected chi connectivity index (χ4v) is 1.65. The Morgan fingerprint density at radius 3 is 2.50 bits per heavy atom. The standard InChI is InChI=1S/C7H17N3OS/c1-11-7-6-9-2-4-10(12-8)5-3-9/h2-8H2,1H3. The second kappa shape index (κ2) is 5.77. The summed E-state index contributed by atoms with van der Waals surface area (Å²) in [7, 11) is 1.74. The van der Waals surface area contributed by atoms with Crippen molar-refractivity contribution in [3.05, 3.63) is 0 Å². The van der Waals surface area contributed by atoms with Gasteiger partial charge in [-0.05, 0) is 0 Å². The van der Waals surface area contributed by atoms with Crippen molar-refractivity contribution < 1.29 is 4.74 Å². The summed E-state index contributed by atoms with van der Waals surface area (Å²) in [6.45, 7) is 6.20. The monoisotopic (exact) mass is 191 g/mol. The number of nitrogens with two attached hydrogens (primary N) is 1. The Hall–Kier alpha value is 0.190. The minimum absolute atomic E-state index is 0.829. The molecule has 0 aromatic carbocycles. The quantitative estimate of drug-likeness (QED) is 0.622. The largest absolute Gasteiger partial charge is 0.383 e. The first-order valence-electron chi connectivity index (χ1n) is 4.20. The van der Waals surface area contributed by atoms with Crippen LogP contribution >= 0.6 is 12.1 Å². The molecular formula is C7H17N3OS. The Morgan fingerprint density at radius 2 is 2.00 bits per heavy atom. The normalized spacial score (nSPS) is 21.5. The van der Waals surface area contributed by atoms with Crippen LogP contribution in [0.1, 0.15) is 0 Å². The van der Waals surface area contributed by atoms with E-state index in [0.717, 1.165) is 39.3 Å². The van der Waals surface area contributed by atoms with E-state index in [1.165, 1.54) is 12.1 Å². The number of ether oxygens (including phenoxy) is 1. The van der Waals surface area contributed by atoms with Crippen molar-refractivity contribution in [2.45, 2.75) is 0 Å². The molecule has 0 saturated carbocycles. The molecule has 0 radical (unpaired) electrons. The van der Waals surface area contributed by atoms with Gasteiger partial charge >= 0.3 is 0 Å². The van der Waals surface area contributed by atoms with Crippen molar-refractivity contribution in [1.29, 1.82) is 0 Å². The van der Waals surface area contributed by atoms with Gasteiger partial charge in [-0.3, -0.25) is 10.0 Å². The first kappa shape index (κ1) is 10.3. The number of methoxy groups -OCH3 is 1. The van der Waals surface area contributed by atoms with Crippen LogP contribution < -0.4 is 5.14 Å². The number of hydrogen-bond donors (Lipinski definition) is 1. The fourth-order valence-electron chi connectivity index (χ4n) is 1.28. The Morgan fingerprint density at radius 1 is 1.33 bits per heavy atom. The molecule has 1 aliphatic rings. The maximum absolute atomic E-state index is 5.45. The molecule has 72 valence electrons. The van der Waals surface area contributed by atoms with E-state index in [4.69, 9.17) is 9.88 Å². The van der Waals surface area contributed by atoms with Crippen molar-refractivity contribution in [3.63, 3.8) is 0 Å². The van der Waals surface area contributed by atoms with Gasteiger partial charge < -0.3 is 4.74 Å². The van der Waals surface area contributed by atoms with Gasteiger partial charge in [0, 0.05) is 52.0 Å². The third-order valence-corrected chi connectivity index (χ3v) is 2.76. The summed E-state index contributed by atoms with van der Waals surface area (Å²) in [5, 5.41) is 5.45. The summed E-state index contributed by atoms with van der Waals surface area (Å²) >= 11 is 1.35. The average molecular weight is 191 g/mol. The lowest BCUT2D eigenvalue weighted by Gasteiger charge is -2.32. The van der Waals surface area contributed by atoms with Crippen molar-refractivity contribution >= 4 is 12.1 Å². The van der Waals surface area contributed by atoms with Gasteiger partial charge in [0.1, 0.15) is 0 Å². The molecule has 1 heterocycles. The highest BCUT2D eigenvalue weighted by molar-refractivity contribution is 7.94. The van der Waals surface area contributed by atoms with Crippen LogP contribution in [0, 0.1) is 0 Å². The molecule has 0 unspecified atom stereocenters. The highest BCUT2D eigenvalue weighted by Gasteiger charge is 2.15. The van der Waals surface area contributed by atoms with Gasteiger partial charge in [0.05, 0.1) is 6.61 Å². The topological polar surface area (TPSA) is 41.7 Å². The van der Waals surface area contributed by atoms with Crippen LogP contribution in [-0.2, 0) is 4.74 Å². The van der Waals surface area contributed by atoms with Crippen molar-refractivity contribution in [3.8, 4) is 0 Å². The zero-order valence-electron chi connectivity index (χ0n) is 7.53. The molecule has 5 heteroatoms. The average Bonchev–Trinajstić information content (AvgIpc) is 2.15. The lowest BCUT2D eigenvalue weighted by Crippen LogP contribution is -2.44. The van der Waals surface area contributed by atoms with Gasteiger partial charge in [-0.1, -0.05) is 0 Å². The molecule has 4 nitrogen and oxygen atoms in total. The van der Waals surface area contributed by atoms with Crippen molar-refractivity contribution in [2.75, 3.05) is 46.4 Å². The first-order valence-corrected chi connectivity index (χ1v) is 5.03. The number of rotatable bonds is 4. The summed E-state index contributed by atoms with van der Waals surface area (Å²) in [6, 6.07) is 0. The maximum atomic E-state index is 5.45. The summed E-state index contributed by atoms with van der Waals surface area (Å²) in [5.74, 6) is 0. The second-order valence-corrected chi connectivity index (χ2v) is 3.60. The smallest absolute Gasteiger partial charge is 0.0589 e. The highest BCUT2D eigenvalue weighted by Crippen LogP contribution is 2.06. The van der Waals surface area contributed by atoms with E-state index in [0.29, 0.717) is 0 Å². The maximum Gasteiger partial charge on any atom is 0.0589 e. The van der Waals surface area contributed by atoms with Crippen molar-refractivity contribution in [2.24, 2.45) is 5.14 Å². The zero-order valence-corrected chi connectivity index (χ0v) is 8.35. The zero-order chi connectivity index (χ0) is 8.81. The first-order chi connectivity index (χ1) is 5.86. The second-order valence-electron chi connectivity index (χ2n) is 2.87. The van der Waals surface area contributed by atoms with Gasteiger partial charge in [-0.2, -0.15) is 0 Å². The summed E-state index contributed by atoms with van der Waals surface area (Å²) in [4.78, 5) is 2.40. The number of hydrogen-bond acceptors (Lipinski definition) is 5. The summed E-state index contributed by atoms with van der Waals surface area (Å²) in [5.41, 5.74) is 0. The molecule has 12 heavy (non-hydrogen) atoms. The molecule has 0 amide bonds. The third-order valence-electron chi connectivity index (χ3n) is 2.09. The molecule has 0 bridgehead atoms. The van der Waals surface area contributed by atoms with Crippen LogP contribution in [0.3, 0.4) is 0 Å². The van der Waals surface area contributed by atoms with Crippen LogP contribution in [-0.4, -0.2) is 55.6 Å². The predicted octanol–water partition coefficient (Wildman–Crippen LogP) is -0.228. The van der Waals surface area contributed by atoms with E-state index in [-0.39, 0.29) is 0 Å². The minimum atomic E-state index is 0.829. The van der Waals surface area contributed by atoms with E-state index in [1.807, 2.05) is 0 Å². The van der Waals surface area contributed by atoms with E-state index < -0.39 is 0 Å². The third kappa shape index (κ3) is 3.28. The van der Waals surface area contributed by atoms with Crippen molar-refractivity contribution in [1.82, 2.24) is 9.21 Å². The Labute approximate surface area is 78.3 Å².